The van der Waals surface area contributed by atoms with Crippen LogP contribution in [0.4, 0.5) is 24.7 Å². The summed E-state index contributed by atoms with van der Waals surface area (Å²) < 4.78 is 43.8. The highest BCUT2D eigenvalue weighted by atomic mass is 19.4. The molecule has 0 atom stereocenters. The lowest BCUT2D eigenvalue weighted by atomic mass is 10.0. The molecule has 3 heterocycles. The second-order valence-electron chi connectivity index (χ2n) is 10.3. The molecular weight excluding hydrogens is 531 g/mol. The van der Waals surface area contributed by atoms with Gasteiger partial charge in [0.2, 0.25) is 0 Å². The van der Waals surface area contributed by atoms with E-state index in [9.17, 15) is 18.0 Å². The Morgan fingerprint density at radius 2 is 1.76 bits per heavy atom. The van der Waals surface area contributed by atoms with Crippen molar-refractivity contribution in [2.45, 2.75) is 19.6 Å². The molecule has 11 heteroatoms. The number of aryl methyl sites for hydroxylation is 2. The van der Waals surface area contributed by atoms with E-state index in [1.165, 1.54) is 18.5 Å². The van der Waals surface area contributed by atoms with Gasteiger partial charge in [0.25, 0.3) is 5.91 Å². The largest absolute Gasteiger partial charge is 0.416 e. The lowest BCUT2D eigenvalue weighted by Gasteiger charge is -2.33. The van der Waals surface area contributed by atoms with E-state index in [0.717, 1.165) is 24.7 Å². The Morgan fingerprint density at radius 1 is 1.02 bits per heavy atom. The van der Waals surface area contributed by atoms with E-state index in [0.29, 0.717) is 46.8 Å². The number of carbonyl (C=O) groups is 1. The van der Waals surface area contributed by atoms with Crippen LogP contribution in [0.5, 0.6) is 0 Å². The number of hydrogen-bond acceptors (Lipinski definition) is 6. The van der Waals surface area contributed by atoms with Crippen LogP contribution in [0.1, 0.15) is 38.2 Å². The van der Waals surface area contributed by atoms with Crippen molar-refractivity contribution >= 4 is 28.4 Å². The summed E-state index contributed by atoms with van der Waals surface area (Å²) in [6, 6.07) is 8.95. The molecule has 1 aliphatic rings. The number of nitrogens with one attached hydrogen (secondary N) is 1. The van der Waals surface area contributed by atoms with Crippen LogP contribution >= 0.6 is 0 Å². The highest BCUT2D eigenvalue weighted by Gasteiger charge is 2.34. The van der Waals surface area contributed by atoms with Crippen LogP contribution in [0.2, 0.25) is 0 Å². The zero-order valence-corrected chi connectivity index (χ0v) is 23.0. The molecule has 0 bridgehead atoms. The zero-order valence-electron chi connectivity index (χ0n) is 23.0. The van der Waals surface area contributed by atoms with Gasteiger partial charge in [0.1, 0.15) is 17.8 Å². The van der Waals surface area contributed by atoms with E-state index in [-0.39, 0.29) is 17.7 Å². The number of halogens is 3. The van der Waals surface area contributed by atoms with Crippen LogP contribution in [0.3, 0.4) is 0 Å². The molecule has 41 heavy (non-hydrogen) atoms. The van der Waals surface area contributed by atoms with Gasteiger partial charge in [-0.1, -0.05) is 24.0 Å². The van der Waals surface area contributed by atoms with Crippen molar-refractivity contribution in [2.75, 3.05) is 44.3 Å². The van der Waals surface area contributed by atoms with Crippen molar-refractivity contribution < 1.29 is 18.0 Å². The number of rotatable bonds is 4. The van der Waals surface area contributed by atoms with Crippen molar-refractivity contribution in [3.8, 4) is 11.8 Å². The molecule has 0 unspecified atom stereocenters. The first-order valence-electron chi connectivity index (χ1n) is 13.1. The molecule has 1 saturated heterocycles. The summed E-state index contributed by atoms with van der Waals surface area (Å²) in [4.78, 5) is 25.5. The fourth-order valence-electron chi connectivity index (χ4n) is 4.87. The van der Waals surface area contributed by atoms with E-state index in [2.05, 4.69) is 32.0 Å². The summed E-state index contributed by atoms with van der Waals surface area (Å²) in [5, 5.41) is 3.37. The van der Waals surface area contributed by atoms with E-state index in [1.54, 1.807) is 18.2 Å². The van der Waals surface area contributed by atoms with Crippen LogP contribution in [-0.4, -0.2) is 63.5 Å². The molecule has 0 saturated carbocycles. The SMILES string of the molecule is Cc1ccc(NC(=O)c2ccc(CN3CCN(C)CC3)c(C(F)(F)F)c2)cc1C#Cc1cn(C)c2ncnc(N)c12. The van der Waals surface area contributed by atoms with Gasteiger partial charge in [-0.2, -0.15) is 13.2 Å². The predicted octanol–water partition coefficient (Wildman–Crippen LogP) is 4.28. The van der Waals surface area contributed by atoms with Crippen LogP contribution in [0.25, 0.3) is 11.0 Å². The molecule has 2 aromatic carbocycles. The van der Waals surface area contributed by atoms with E-state index >= 15 is 0 Å². The molecule has 2 aromatic heterocycles. The minimum Gasteiger partial charge on any atom is -0.383 e. The maximum atomic E-state index is 14.0. The molecule has 1 fully saturated rings. The number of amides is 1. The molecule has 0 aliphatic carbocycles. The smallest absolute Gasteiger partial charge is 0.383 e. The highest BCUT2D eigenvalue weighted by molar-refractivity contribution is 6.04. The first kappa shape index (κ1) is 28.1. The summed E-state index contributed by atoms with van der Waals surface area (Å²) in [6.07, 6.45) is -1.37. The second kappa shape index (κ2) is 11.2. The quantitative estimate of drug-likeness (QED) is 0.362. The van der Waals surface area contributed by atoms with Gasteiger partial charge >= 0.3 is 6.18 Å². The Labute approximate surface area is 236 Å². The average molecular weight is 562 g/mol. The van der Waals surface area contributed by atoms with Crippen molar-refractivity contribution in [1.82, 2.24) is 24.3 Å². The molecular formula is C30H30F3N7O. The number of nitrogen functional groups attached to an aromatic ring is 1. The van der Waals surface area contributed by atoms with Gasteiger partial charge in [0.15, 0.2) is 0 Å². The molecule has 212 valence electrons. The van der Waals surface area contributed by atoms with Crippen molar-refractivity contribution in [2.24, 2.45) is 7.05 Å². The lowest BCUT2D eigenvalue weighted by Crippen LogP contribution is -2.44. The zero-order chi connectivity index (χ0) is 29.3. The molecule has 4 aromatic rings. The number of fused-ring (bicyclic) bond motifs is 1. The highest BCUT2D eigenvalue weighted by Crippen LogP contribution is 2.34. The van der Waals surface area contributed by atoms with Gasteiger partial charge in [-0.15, -0.1) is 0 Å². The number of nitrogens with zero attached hydrogens (tertiary/aromatic N) is 5. The molecule has 0 spiro atoms. The van der Waals surface area contributed by atoms with Crippen molar-refractivity contribution in [3.63, 3.8) is 0 Å². The number of piperazine rings is 1. The topological polar surface area (TPSA) is 92.3 Å². The number of alkyl halides is 3. The summed E-state index contributed by atoms with van der Waals surface area (Å²) in [6.45, 7) is 5.04. The normalized spacial score (nSPS) is 14.6. The Balaban J connectivity index is 1.37. The molecule has 5 rings (SSSR count). The minimum atomic E-state index is -4.58. The Bertz CT molecular complexity index is 1680. The van der Waals surface area contributed by atoms with Crippen LogP contribution < -0.4 is 11.1 Å². The molecule has 8 nitrogen and oxygen atoms in total. The van der Waals surface area contributed by atoms with Crippen LogP contribution in [0.15, 0.2) is 48.9 Å². The number of aromatic nitrogens is 3. The fraction of sp³-hybridized carbons (Fsp3) is 0.300. The van der Waals surface area contributed by atoms with Crippen molar-refractivity contribution in [1.29, 1.82) is 0 Å². The summed E-state index contributed by atoms with van der Waals surface area (Å²) >= 11 is 0. The number of benzene rings is 2. The third-order valence-electron chi connectivity index (χ3n) is 7.28. The summed E-state index contributed by atoms with van der Waals surface area (Å²) in [5.74, 6) is 5.91. The van der Waals surface area contributed by atoms with Gasteiger partial charge in [0.05, 0.1) is 16.5 Å². The Morgan fingerprint density at radius 3 is 2.49 bits per heavy atom. The number of likely N-dealkylation sites (N-methyl/N-ethyl adjacent to an activating group) is 1. The third kappa shape index (κ3) is 6.19. The monoisotopic (exact) mass is 561 g/mol. The first-order chi connectivity index (χ1) is 19.5. The average Bonchev–Trinajstić information content (AvgIpc) is 3.26. The van der Waals surface area contributed by atoms with Gasteiger partial charge in [-0.25, -0.2) is 9.97 Å². The molecule has 3 N–H and O–H groups in total. The maximum absolute atomic E-state index is 14.0. The summed E-state index contributed by atoms with van der Waals surface area (Å²) in [7, 11) is 3.83. The molecule has 1 amide bonds. The van der Waals surface area contributed by atoms with E-state index < -0.39 is 17.6 Å². The second-order valence-corrected chi connectivity index (χ2v) is 10.3. The lowest BCUT2D eigenvalue weighted by molar-refractivity contribution is -0.138. The van der Waals surface area contributed by atoms with Gasteiger partial charge in [-0.3, -0.25) is 9.69 Å². The standard InChI is InChI=1S/C30H30F3N7O/c1-19-4-9-24(14-20(19)5-8-23-16-39(3)28-26(23)27(34)35-18-36-28)37-29(41)21-6-7-22(25(15-21)30(31,32)33)17-40-12-10-38(2)11-13-40/h4,6-7,9,14-16,18H,10-13,17H2,1-3H3,(H,37,41)(H2,34,35,36). The number of anilines is 2. The number of nitrogens with two attached hydrogens (primary N) is 1. The maximum Gasteiger partial charge on any atom is 0.416 e. The van der Waals surface area contributed by atoms with Gasteiger partial charge < -0.3 is 20.5 Å². The van der Waals surface area contributed by atoms with Crippen LogP contribution in [-0.2, 0) is 19.8 Å². The predicted molar refractivity (Wildman–Crippen MR) is 152 cm³/mol. The van der Waals surface area contributed by atoms with Crippen molar-refractivity contribution in [3.05, 3.63) is 82.3 Å². The summed E-state index contributed by atoms with van der Waals surface area (Å²) in [5.41, 5.74) is 8.59. The number of hydrogen-bond donors (Lipinski definition) is 2. The minimum absolute atomic E-state index is 0.0705. The van der Waals surface area contributed by atoms with Gasteiger partial charge in [-0.05, 0) is 49.4 Å². The molecule has 0 radical (unpaired) electrons. The third-order valence-corrected chi connectivity index (χ3v) is 7.28. The molecule has 1 aliphatic heterocycles. The van der Waals surface area contributed by atoms with E-state index in [4.69, 9.17) is 5.73 Å². The van der Waals surface area contributed by atoms with Crippen LogP contribution in [0, 0.1) is 18.8 Å². The van der Waals surface area contributed by atoms with E-state index in [1.807, 2.05) is 36.7 Å². The fourth-order valence-corrected chi connectivity index (χ4v) is 4.87. The Kier molecular flexibility index (Phi) is 7.71. The first-order valence-corrected chi connectivity index (χ1v) is 13.1. The Hall–Kier alpha value is -4.40. The number of carbonyl (C=O) groups excluding carboxylic acids is 1. The van der Waals surface area contributed by atoms with Gasteiger partial charge in [0, 0.05) is 62.8 Å².